The molecule has 0 saturated carbocycles. The Morgan fingerprint density at radius 2 is 1.79 bits per heavy atom. The van der Waals surface area contributed by atoms with Crippen molar-refractivity contribution in [1.82, 2.24) is 14.5 Å². The van der Waals surface area contributed by atoms with E-state index in [0.29, 0.717) is 18.8 Å². The number of hydrogen-bond acceptors (Lipinski definition) is 4. The Kier molecular flexibility index (Phi) is 6.72. The topological polar surface area (TPSA) is 75.4 Å². The molecule has 1 atom stereocenters. The molecule has 0 radical (unpaired) electrons. The van der Waals surface area contributed by atoms with E-state index in [2.05, 4.69) is 36.2 Å². The second kappa shape index (κ2) is 9.25. The molecule has 0 spiro atoms. The second-order valence-electron chi connectivity index (χ2n) is 7.99. The average Bonchev–Trinajstić information content (AvgIpc) is 2.72. The maximum atomic E-state index is 12.5. The number of likely N-dealkylation sites (N-methyl/N-ethyl adjacent to an activating group) is 1. The van der Waals surface area contributed by atoms with Crippen molar-refractivity contribution >= 4 is 5.91 Å². The lowest BCUT2D eigenvalue weighted by atomic mass is 10.0. The largest absolute Gasteiger partial charge is 0.501 e. The molecule has 3 rings (SSSR count). The molecule has 2 heterocycles. The molecule has 6 heteroatoms. The summed E-state index contributed by atoms with van der Waals surface area (Å²) < 4.78 is 1.74. The summed E-state index contributed by atoms with van der Waals surface area (Å²) in [5.41, 5.74) is 2.14. The third-order valence-electron chi connectivity index (χ3n) is 5.89. The van der Waals surface area contributed by atoms with Crippen molar-refractivity contribution in [1.29, 1.82) is 0 Å². The van der Waals surface area contributed by atoms with Gasteiger partial charge in [-0.25, -0.2) is 0 Å². The van der Waals surface area contributed by atoms with Gasteiger partial charge in [0.15, 0.2) is 5.69 Å². The van der Waals surface area contributed by atoms with E-state index in [-0.39, 0.29) is 17.6 Å². The molecule has 0 bridgehead atoms. The van der Waals surface area contributed by atoms with Crippen LogP contribution >= 0.6 is 0 Å². The monoisotopic (exact) mass is 397 g/mol. The van der Waals surface area contributed by atoms with Gasteiger partial charge in [0.2, 0.25) is 5.75 Å². The zero-order valence-corrected chi connectivity index (χ0v) is 17.6. The van der Waals surface area contributed by atoms with Crippen molar-refractivity contribution < 1.29 is 9.90 Å². The normalized spacial score (nSPS) is 16.2. The number of fused-ring (bicyclic) bond motifs is 1. The van der Waals surface area contributed by atoms with Crippen molar-refractivity contribution in [3.05, 3.63) is 57.3 Å². The van der Waals surface area contributed by atoms with Gasteiger partial charge < -0.3 is 14.6 Å². The lowest BCUT2D eigenvalue weighted by Crippen LogP contribution is -2.46. The van der Waals surface area contributed by atoms with E-state index in [1.54, 1.807) is 16.5 Å². The molecule has 1 aliphatic rings. The van der Waals surface area contributed by atoms with E-state index >= 15 is 0 Å². The van der Waals surface area contributed by atoms with Crippen molar-refractivity contribution in [2.75, 3.05) is 7.05 Å². The van der Waals surface area contributed by atoms with Crippen molar-refractivity contribution in [3.8, 4) is 5.75 Å². The SMILES string of the molecule is CCc1cccc(CCCCCCc2nc(=O)c(O)c3n2C[C@H](C)N(C)C3=O)c1. The lowest BCUT2D eigenvalue weighted by molar-refractivity contribution is 0.0661. The van der Waals surface area contributed by atoms with Crippen LogP contribution in [0.5, 0.6) is 5.75 Å². The van der Waals surface area contributed by atoms with Crippen molar-refractivity contribution in [2.24, 2.45) is 0 Å². The highest BCUT2D eigenvalue weighted by molar-refractivity contribution is 5.95. The van der Waals surface area contributed by atoms with Crippen molar-refractivity contribution in [3.63, 3.8) is 0 Å². The van der Waals surface area contributed by atoms with E-state index in [1.165, 1.54) is 11.1 Å². The minimum atomic E-state index is -0.710. The van der Waals surface area contributed by atoms with E-state index in [0.717, 1.165) is 38.5 Å². The summed E-state index contributed by atoms with van der Waals surface area (Å²) in [7, 11) is 1.69. The van der Waals surface area contributed by atoms with Gasteiger partial charge in [0.1, 0.15) is 5.82 Å². The Morgan fingerprint density at radius 3 is 2.52 bits per heavy atom. The van der Waals surface area contributed by atoms with Gasteiger partial charge in [-0.05, 0) is 43.7 Å². The highest BCUT2D eigenvalue weighted by Gasteiger charge is 2.32. The summed E-state index contributed by atoms with van der Waals surface area (Å²) in [4.78, 5) is 30.2. The third kappa shape index (κ3) is 4.69. The van der Waals surface area contributed by atoms with Crippen LogP contribution in [0, 0.1) is 0 Å². The first-order chi connectivity index (χ1) is 13.9. The van der Waals surface area contributed by atoms with Crippen LogP contribution in [0.1, 0.15) is 67.0 Å². The smallest absolute Gasteiger partial charge is 0.315 e. The van der Waals surface area contributed by atoms with Crippen LogP contribution in [0.3, 0.4) is 0 Å². The highest BCUT2D eigenvalue weighted by atomic mass is 16.3. The van der Waals surface area contributed by atoms with E-state index in [4.69, 9.17) is 0 Å². The van der Waals surface area contributed by atoms with Gasteiger partial charge in [0.05, 0.1) is 0 Å². The number of benzene rings is 1. The quantitative estimate of drug-likeness (QED) is 0.693. The third-order valence-corrected chi connectivity index (χ3v) is 5.89. The Bertz CT molecular complexity index is 935. The molecule has 2 aromatic rings. The summed E-state index contributed by atoms with van der Waals surface area (Å²) in [6.07, 6.45) is 6.98. The zero-order chi connectivity index (χ0) is 21.0. The number of unbranched alkanes of at least 4 members (excludes halogenated alkanes) is 3. The summed E-state index contributed by atoms with van der Waals surface area (Å²) in [6, 6.07) is 8.77. The number of nitrogens with zero attached hydrogens (tertiary/aromatic N) is 3. The molecule has 0 aliphatic carbocycles. The number of carbonyl (C=O) groups is 1. The fourth-order valence-electron chi connectivity index (χ4n) is 3.92. The van der Waals surface area contributed by atoms with Gasteiger partial charge in [-0.15, -0.1) is 0 Å². The molecule has 1 N–H and O–H groups in total. The first-order valence-corrected chi connectivity index (χ1v) is 10.6. The number of carbonyl (C=O) groups excluding carboxylic acids is 1. The van der Waals surface area contributed by atoms with Crippen LogP contribution in [-0.2, 0) is 25.8 Å². The van der Waals surface area contributed by atoms with Gasteiger partial charge in [0.25, 0.3) is 5.91 Å². The van der Waals surface area contributed by atoms with E-state index in [9.17, 15) is 14.7 Å². The molecule has 29 heavy (non-hydrogen) atoms. The van der Waals surface area contributed by atoms with Crippen LogP contribution in [0.2, 0.25) is 0 Å². The summed E-state index contributed by atoms with van der Waals surface area (Å²) in [5, 5.41) is 10.1. The number of amides is 1. The van der Waals surface area contributed by atoms with Gasteiger partial charge >= 0.3 is 5.56 Å². The van der Waals surface area contributed by atoms with Crippen molar-refractivity contribution in [2.45, 2.75) is 71.4 Å². The molecule has 0 unspecified atom stereocenters. The Morgan fingerprint density at radius 1 is 1.10 bits per heavy atom. The Hall–Kier alpha value is -2.63. The molecule has 1 aromatic carbocycles. The number of aromatic hydroxyl groups is 1. The minimum absolute atomic E-state index is 0.00339. The van der Waals surface area contributed by atoms with Crippen LogP contribution in [-0.4, -0.2) is 38.6 Å². The average molecular weight is 398 g/mol. The number of aromatic nitrogens is 2. The molecule has 1 amide bonds. The molecular formula is C23H31N3O3. The van der Waals surface area contributed by atoms with E-state index in [1.807, 2.05) is 6.92 Å². The maximum Gasteiger partial charge on any atom is 0.315 e. The summed E-state index contributed by atoms with van der Waals surface area (Å²) in [5.74, 6) is -0.255. The molecule has 0 saturated heterocycles. The number of rotatable bonds is 8. The molecule has 1 aromatic heterocycles. The first-order valence-electron chi connectivity index (χ1n) is 10.6. The van der Waals surface area contributed by atoms with Gasteiger partial charge in [0, 0.05) is 26.1 Å². The standard InChI is InChI=1S/C23H31N3O3/c1-4-17-11-9-12-18(14-17)10-7-5-6-8-13-19-24-22(28)21(27)20-23(29)25(3)16(2)15-26(19)20/h9,11-12,14,16,27H,4-8,10,13,15H2,1-3H3/t16-/m0/s1. The van der Waals surface area contributed by atoms with Gasteiger partial charge in [-0.2, -0.15) is 4.98 Å². The van der Waals surface area contributed by atoms with Crippen LogP contribution in [0.4, 0.5) is 0 Å². The minimum Gasteiger partial charge on any atom is -0.501 e. The van der Waals surface area contributed by atoms with Crippen LogP contribution in [0.25, 0.3) is 0 Å². The van der Waals surface area contributed by atoms with Gasteiger partial charge in [-0.3, -0.25) is 9.59 Å². The van der Waals surface area contributed by atoms with E-state index < -0.39 is 11.3 Å². The first kappa shape index (κ1) is 21.1. The molecule has 1 aliphatic heterocycles. The summed E-state index contributed by atoms with van der Waals surface area (Å²) in [6.45, 7) is 4.67. The Labute approximate surface area is 172 Å². The molecule has 6 nitrogen and oxygen atoms in total. The predicted octanol–water partition coefficient (Wildman–Crippen LogP) is 3.33. The van der Waals surface area contributed by atoms with Crippen LogP contribution < -0.4 is 5.56 Å². The Balaban J connectivity index is 1.57. The highest BCUT2D eigenvalue weighted by Crippen LogP contribution is 2.23. The number of aryl methyl sites for hydroxylation is 3. The molecule has 0 fully saturated rings. The fourth-order valence-corrected chi connectivity index (χ4v) is 3.92. The predicted molar refractivity (Wildman–Crippen MR) is 113 cm³/mol. The van der Waals surface area contributed by atoms with Gasteiger partial charge in [-0.1, -0.05) is 44.0 Å². The fraction of sp³-hybridized carbons (Fsp3) is 0.522. The summed E-state index contributed by atoms with van der Waals surface area (Å²) >= 11 is 0. The number of hydrogen-bond donors (Lipinski definition) is 1. The maximum absolute atomic E-state index is 12.5. The lowest BCUT2D eigenvalue weighted by Gasteiger charge is -2.34. The molecule has 156 valence electrons. The van der Waals surface area contributed by atoms with Crippen LogP contribution in [0.15, 0.2) is 29.1 Å². The second-order valence-corrected chi connectivity index (χ2v) is 7.99. The molecular weight excluding hydrogens is 366 g/mol. The zero-order valence-electron chi connectivity index (χ0n) is 17.6.